The third-order valence-corrected chi connectivity index (χ3v) is 5.47. The largest absolute Gasteiger partial charge is 0.492 e. The number of nitriles is 1. The van der Waals surface area contributed by atoms with Gasteiger partial charge in [-0.15, -0.1) is 0 Å². The van der Waals surface area contributed by atoms with Crippen LogP contribution >= 0.6 is 11.6 Å². The zero-order chi connectivity index (χ0) is 20.1. The standard InChI is InChI=1S/C23H25ClN2O2/c1-16(2)15-28-21-10-9-20(13-17(21)14-25)26-22(27)23(11-3-4-12-23)18-5-7-19(24)8-6-18/h5-10,13,16H,3-4,11-12,15H2,1-2H3,(H,26,27). The lowest BCUT2D eigenvalue weighted by atomic mass is 9.78. The van der Waals surface area contributed by atoms with Gasteiger partial charge in [0.15, 0.2) is 0 Å². The molecule has 0 atom stereocenters. The first-order valence-electron chi connectivity index (χ1n) is 9.69. The Morgan fingerprint density at radius 1 is 1.21 bits per heavy atom. The summed E-state index contributed by atoms with van der Waals surface area (Å²) < 4.78 is 5.70. The van der Waals surface area contributed by atoms with Crippen molar-refractivity contribution in [3.63, 3.8) is 0 Å². The van der Waals surface area contributed by atoms with Crippen molar-refractivity contribution in [2.45, 2.75) is 44.9 Å². The van der Waals surface area contributed by atoms with Gasteiger partial charge in [-0.2, -0.15) is 5.26 Å². The molecule has 3 rings (SSSR count). The summed E-state index contributed by atoms with van der Waals surface area (Å²) in [5.41, 5.74) is 1.47. The van der Waals surface area contributed by atoms with Crippen LogP contribution in [0.25, 0.3) is 0 Å². The van der Waals surface area contributed by atoms with Crippen molar-refractivity contribution >= 4 is 23.2 Å². The molecular weight excluding hydrogens is 372 g/mol. The second-order valence-electron chi connectivity index (χ2n) is 7.78. The summed E-state index contributed by atoms with van der Waals surface area (Å²) >= 11 is 6.02. The average molecular weight is 397 g/mol. The van der Waals surface area contributed by atoms with Crippen molar-refractivity contribution in [2.24, 2.45) is 5.92 Å². The van der Waals surface area contributed by atoms with E-state index in [1.165, 1.54) is 0 Å². The fourth-order valence-corrected chi connectivity index (χ4v) is 3.85. The molecule has 28 heavy (non-hydrogen) atoms. The van der Waals surface area contributed by atoms with E-state index < -0.39 is 5.41 Å². The first kappa shape index (κ1) is 20.2. The Labute approximate surface area is 171 Å². The summed E-state index contributed by atoms with van der Waals surface area (Å²) in [6, 6.07) is 14.9. The van der Waals surface area contributed by atoms with Gasteiger partial charge < -0.3 is 10.1 Å². The molecule has 0 spiro atoms. The molecule has 1 aliphatic rings. The summed E-state index contributed by atoms with van der Waals surface area (Å²) in [4.78, 5) is 13.3. The van der Waals surface area contributed by atoms with Gasteiger partial charge in [-0.25, -0.2) is 0 Å². The number of carbonyl (C=O) groups excluding carboxylic acids is 1. The predicted molar refractivity (Wildman–Crippen MR) is 112 cm³/mol. The second-order valence-corrected chi connectivity index (χ2v) is 8.21. The van der Waals surface area contributed by atoms with E-state index >= 15 is 0 Å². The number of halogens is 1. The molecule has 1 amide bonds. The number of rotatable bonds is 6. The molecule has 1 aliphatic carbocycles. The highest BCUT2D eigenvalue weighted by Gasteiger charge is 2.42. The Morgan fingerprint density at radius 2 is 1.89 bits per heavy atom. The predicted octanol–water partition coefficient (Wildman–Crippen LogP) is 5.70. The maximum absolute atomic E-state index is 13.3. The van der Waals surface area contributed by atoms with Crippen molar-refractivity contribution in [1.29, 1.82) is 5.26 Å². The Bertz CT molecular complexity index is 878. The zero-order valence-electron chi connectivity index (χ0n) is 16.3. The van der Waals surface area contributed by atoms with Gasteiger partial charge in [-0.3, -0.25) is 4.79 Å². The topological polar surface area (TPSA) is 62.1 Å². The minimum Gasteiger partial charge on any atom is -0.492 e. The minimum absolute atomic E-state index is 0.0351. The number of nitrogens with one attached hydrogen (secondary N) is 1. The first-order valence-corrected chi connectivity index (χ1v) is 10.1. The summed E-state index contributed by atoms with van der Waals surface area (Å²) in [6.07, 6.45) is 3.64. The molecule has 0 aromatic heterocycles. The van der Waals surface area contributed by atoms with Crippen LogP contribution in [-0.4, -0.2) is 12.5 Å². The molecule has 0 aliphatic heterocycles. The van der Waals surface area contributed by atoms with Crippen LogP contribution in [-0.2, 0) is 10.2 Å². The van der Waals surface area contributed by atoms with Crippen LogP contribution in [0.2, 0.25) is 5.02 Å². The van der Waals surface area contributed by atoms with Crippen LogP contribution in [0.4, 0.5) is 5.69 Å². The molecule has 2 aromatic carbocycles. The van der Waals surface area contributed by atoms with Gasteiger partial charge in [0.2, 0.25) is 5.91 Å². The van der Waals surface area contributed by atoms with Gasteiger partial charge in [0.05, 0.1) is 17.6 Å². The number of nitrogens with zero attached hydrogens (tertiary/aromatic N) is 1. The highest BCUT2D eigenvalue weighted by atomic mass is 35.5. The lowest BCUT2D eigenvalue weighted by Gasteiger charge is -2.28. The van der Waals surface area contributed by atoms with Crippen molar-refractivity contribution in [3.8, 4) is 11.8 Å². The Hall–Kier alpha value is -2.51. The zero-order valence-corrected chi connectivity index (χ0v) is 17.1. The van der Waals surface area contributed by atoms with Crippen LogP contribution in [0.15, 0.2) is 42.5 Å². The molecule has 1 fully saturated rings. The van der Waals surface area contributed by atoms with Crippen LogP contribution in [0.1, 0.15) is 50.7 Å². The van der Waals surface area contributed by atoms with E-state index in [1.807, 2.05) is 24.3 Å². The molecule has 0 bridgehead atoms. The molecule has 0 saturated heterocycles. The number of hydrogen-bond acceptors (Lipinski definition) is 3. The fraction of sp³-hybridized carbons (Fsp3) is 0.391. The Kier molecular flexibility index (Phi) is 6.26. The van der Waals surface area contributed by atoms with E-state index in [1.54, 1.807) is 18.2 Å². The van der Waals surface area contributed by atoms with Gasteiger partial charge in [0.1, 0.15) is 11.8 Å². The number of ether oxygens (including phenoxy) is 1. The van der Waals surface area contributed by atoms with Gasteiger partial charge in [-0.05, 0) is 54.7 Å². The normalized spacial score (nSPS) is 15.2. The molecule has 0 unspecified atom stereocenters. The van der Waals surface area contributed by atoms with Gasteiger partial charge >= 0.3 is 0 Å². The molecule has 0 heterocycles. The first-order chi connectivity index (χ1) is 13.4. The minimum atomic E-state index is -0.551. The van der Waals surface area contributed by atoms with E-state index in [9.17, 15) is 10.1 Å². The van der Waals surface area contributed by atoms with Gasteiger partial charge in [-0.1, -0.05) is 50.4 Å². The second kappa shape index (κ2) is 8.67. The van der Waals surface area contributed by atoms with E-state index in [2.05, 4.69) is 25.2 Å². The highest BCUT2D eigenvalue weighted by Crippen LogP contribution is 2.42. The van der Waals surface area contributed by atoms with Gasteiger partial charge in [0.25, 0.3) is 0 Å². The van der Waals surface area contributed by atoms with Crippen molar-refractivity contribution in [3.05, 3.63) is 58.6 Å². The summed E-state index contributed by atoms with van der Waals surface area (Å²) in [7, 11) is 0. The molecule has 146 valence electrons. The van der Waals surface area contributed by atoms with E-state index in [0.29, 0.717) is 34.5 Å². The van der Waals surface area contributed by atoms with Crippen molar-refractivity contribution < 1.29 is 9.53 Å². The summed E-state index contributed by atoms with van der Waals surface area (Å²) in [5.74, 6) is 0.877. The Balaban J connectivity index is 1.82. The van der Waals surface area contributed by atoms with Crippen molar-refractivity contribution in [1.82, 2.24) is 0 Å². The third-order valence-electron chi connectivity index (χ3n) is 5.22. The Morgan fingerprint density at radius 3 is 2.50 bits per heavy atom. The maximum Gasteiger partial charge on any atom is 0.235 e. The number of amides is 1. The molecule has 0 radical (unpaired) electrons. The van der Waals surface area contributed by atoms with Crippen LogP contribution in [0, 0.1) is 17.2 Å². The van der Waals surface area contributed by atoms with Crippen LogP contribution in [0.5, 0.6) is 5.75 Å². The van der Waals surface area contributed by atoms with E-state index in [4.69, 9.17) is 16.3 Å². The molecule has 1 N–H and O–H groups in total. The summed E-state index contributed by atoms with van der Waals surface area (Å²) in [5, 5.41) is 13.1. The third kappa shape index (κ3) is 4.31. The number of anilines is 1. The molecule has 1 saturated carbocycles. The molecule has 5 heteroatoms. The number of carbonyl (C=O) groups is 1. The average Bonchev–Trinajstić information content (AvgIpc) is 3.18. The highest BCUT2D eigenvalue weighted by molar-refractivity contribution is 6.30. The molecule has 4 nitrogen and oxygen atoms in total. The van der Waals surface area contributed by atoms with E-state index in [0.717, 1.165) is 31.2 Å². The number of benzene rings is 2. The summed E-state index contributed by atoms with van der Waals surface area (Å²) in [6.45, 7) is 4.65. The van der Waals surface area contributed by atoms with Crippen LogP contribution in [0.3, 0.4) is 0 Å². The fourth-order valence-electron chi connectivity index (χ4n) is 3.72. The lowest BCUT2D eigenvalue weighted by molar-refractivity contribution is -0.121. The van der Waals surface area contributed by atoms with Crippen molar-refractivity contribution in [2.75, 3.05) is 11.9 Å². The monoisotopic (exact) mass is 396 g/mol. The lowest BCUT2D eigenvalue weighted by Crippen LogP contribution is -2.38. The van der Waals surface area contributed by atoms with Gasteiger partial charge in [0, 0.05) is 10.7 Å². The SMILES string of the molecule is CC(C)COc1ccc(NC(=O)C2(c3ccc(Cl)cc3)CCCC2)cc1C#N. The number of hydrogen-bond donors (Lipinski definition) is 1. The maximum atomic E-state index is 13.3. The smallest absolute Gasteiger partial charge is 0.235 e. The molecule has 2 aromatic rings. The van der Waals surface area contributed by atoms with E-state index in [-0.39, 0.29) is 5.91 Å². The molecular formula is C23H25ClN2O2. The van der Waals surface area contributed by atoms with Crippen LogP contribution < -0.4 is 10.1 Å². The quantitative estimate of drug-likeness (QED) is 0.681.